The molecule has 2 N–H and O–H groups in total. The van der Waals surface area contributed by atoms with Gasteiger partial charge in [-0.15, -0.1) is 0 Å². The maximum absolute atomic E-state index is 12.3. The van der Waals surface area contributed by atoms with Crippen LogP contribution in [0, 0.1) is 23.7 Å². The molecule has 0 aromatic heterocycles. The Kier molecular flexibility index (Phi) is 4.51. The molecule has 4 unspecified atom stereocenters. The number of amides is 1. The molecule has 3 fully saturated rings. The van der Waals surface area contributed by atoms with Crippen molar-refractivity contribution in [3.8, 4) is 0 Å². The fraction of sp³-hybridized carbons (Fsp3) is 0.882. The highest BCUT2D eigenvalue weighted by atomic mass is 16.4. The average Bonchev–Trinajstić information content (AvgIpc) is 3.08. The van der Waals surface area contributed by atoms with Gasteiger partial charge in [0, 0.05) is 6.42 Å². The third-order valence-corrected chi connectivity index (χ3v) is 6.04. The van der Waals surface area contributed by atoms with E-state index in [9.17, 15) is 14.7 Å². The maximum atomic E-state index is 12.3. The topological polar surface area (TPSA) is 66.4 Å². The van der Waals surface area contributed by atoms with Gasteiger partial charge in [0.2, 0.25) is 5.91 Å². The van der Waals surface area contributed by atoms with Gasteiger partial charge in [0.15, 0.2) is 0 Å². The van der Waals surface area contributed by atoms with E-state index in [2.05, 4.69) is 5.32 Å². The fourth-order valence-electron chi connectivity index (χ4n) is 4.95. The second-order valence-electron chi connectivity index (χ2n) is 7.42. The summed E-state index contributed by atoms with van der Waals surface area (Å²) in [6.45, 7) is 0. The van der Waals surface area contributed by atoms with Crippen LogP contribution in [0.15, 0.2) is 0 Å². The molecule has 3 rings (SSSR count). The van der Waals surface area contributed by atoms with E-state index in [1.54, 1.807) is 0 Å². The summed E-state index contributed by atoms with van der Waals surface area (Å²) >= 11 is 0. The normalized spacial score (nSPS) is 33.8. The van der Waals surface area contributed by atoms with Gasteiger partial charge in [0.25, 0.3) is 0 Å². The molecule has 0 saturated heterocycles. The lowest BCUT2D eigenvalue weighted by molar-refractivity contribution is -0.144. The maximum Gasteiger partial charge on any atom is 0.326 e. The number of hydrogen-bond acceptors (Lipinski definition) is 2. The first-order chi connectivity index (χ1) is 10.1. The van der Waals surface area contributed by atoms with E-state index in [4.69, 9.17) is 0 Å². The second kappa shape index (κ2) is 6.37. The minimum atomic E-state index is -0.858. The summed E-state index contributed by atoms with van der Waals surface area (Å²) in [6.07, 6.45) is 10.9. The number of nitrogens with one attached hydrogen (secondary N) is 1. The Hall–Kier alpha value is -1.06. The van der Waals surface area contributed by atoms with Gasteiger partial charge in [-0.1, -0.05) is 25.7 Å². The Morgan fingerprint density at radius 3 is 2.38 bits per heavy atom. The van der Waals surface area contributed by atoms with Gasteiger partial charge in [0.05, 0.1) is 0 Å². The molecule has 21 heavy (non-hydrogen) atoms. The monoisotopic (exact) mass is 293 g/mol. The summed E-state index contributed by atoms with van der Waals surface area (Å²) in [5, 5.41) is 12.3. The van der Waals surface area contributed by atoms with Crippen LogP contribution in [0.25, 0.3) is 0 Å². The van der Waals surface area contributed by atoms with Crippen molar-refractivity contribution in [1.82, 2.24) is 5.32 Å². The van der Waals surface area contributed by atoms with Crippen molar-refractivity contribution < 1.29 is 14.7 Å². The van der Waals surface area contributed by atoms with Crippen molar-refractivity contribution in [2.24, 2.45) is 23.7 Å². The van der Waals surface area contributed by atoms with Crippen LogP contribution in [0.5, 0.6) is 0 Å². The predicted molar refractivity (Wildman–Crippen MR) is 79.7 cm³/mol. The van der Waals surface area contributed by atoms with Crippen molar-refractivity contribution in [1.29, 1.82) is 0 Å². The number of carboxylic acids is 1. The molecule has 0 aromatic rings. The van der Waals surface area contributed by atoms with Crippen LogP contribution in [-0.2, 0) is 9.59 Å². The van der Waals surface area contributed by atoms with Crippen LogP contribution < -0.4 is 5.32 Å². The van der Waals surface area contributed by atoms with Gasteiger partial charge in [-0.25, -0.2) is 4.79 Å². The van der Waals surface area contributed by atoms with Gasteiger partial charge in [0.1, 0.15) is 6.04 Å². The first-order valence-electron chi connectivity index (χ1n) is 8.65. The Labute approximate surface area is 126 Å². The molecule has 3 aliphatic rings. The molecule has 3 saturated carbocycles. The molecular weight excluding hydrogens is 266 g/mol. The molecule has 1 amide bonds. The number of hydrogen-bond donors (Lipinski definition) is 2. The van der Waals surface area contributed by atoms with Crippen LogP contribution in [0.3, 0.4) is 0 Å². The smallest absolute Gasteiger partial charge is 0.326 e. The fourth-order valence-corrected chi connectivity index (χ4v) is 4.95. The first-order valence-corrected chi connectivity index (χ1v) is 8.65. The quantitative estimate of drug-likeness (QED) is 0.819. The van der Waals surface area contributed by atoms with Gasteiger partial charge in [-0.2, -0.15) is 0 Å². The molecule has 0 radical (unpaired) electrons. The van der Waals surface area contributed by atoms with E-state index in [-0.39, 0.29) is 11.8 Å². The molecule has 0 heterocycles. The zero-order valence-electron chi connectivity index (χ0n) is 12.7. The molecule has 0 aromatic carbocycles. The highest BCUT2D eigenvalue weighted by Crippen LogP contribution is 2.49. The van der Waals surface area contributed by atoms with Gasteiger partial charge >= 0.3 is 5.97 Å². The number of carbonyl (C=O) groups excluding carboxylic acids is 1. The number of carboxylic acid groups (broad SMARTS) is 1. The zero-order chi connectivity index (χ0) is 14.8. The van der Waals surface area contributed by atoms with Crippen molar-refractivity contribution >= 4 is 11.9 Å². The molecule has 4 heteroatoms. The number of fused-ring (bicyclic) bond motifs is 2. The van der Waals surface area contributed by atoms with Gasteiger partial charge in [-0.3, -0.25) is 4.79 Å². The van der Waals surface area contributed by atoms with Crippen molar-refractivity contribution in [3.63, 3.8) is 0 Å². The van der Waals surface area contributed by atoms with E-state index in [0.717, 1.165) is 37.5 Å². The number of rotatable bonds is 5. The lowest BCUT2D eigenvalue weighted by atomic mass is 9.83. The molecule has 3 aliphatic carbocycles. The standard InChI is InChI=1S/C17H27NO3/c19-15(10-14-9-11-6-7-13(14)8-11)18-16(17(20)21)12-4-2-1-3-5-12/h11-14,16H,1-10H2,(H,18,19)(H,20,21). The SMILES string of the molecule is O=C(CC1CC2CCC1C2)NC(C(=O)O)C1CCCCC1. The lowest BCUT2D eigenvalue weighted by Gasteiger charge is -2.29. The molecule has 2 bridgehead atoms. The molecular formula is C17H27NO3. The Morgan fingerprint density at radius 1 is 1.05 bits per heavy atom. The first kappa shape index (κ1) is 14.9. The van der Waals surface area contributed by atoms with Crippen molar-refractivity contribution in [2.45, 2.75) is 70.3 Å². The summed E-state index contributed by atoms with van der Waals surface area (Å²) in [4.78, 5) is 23.7. The largest absolute Gasteiger partial charge is 0.480 e. The summed E-state index contributed by atoms with van der Waals surface area (Å²) < 4.78 is 0. The van der Waals surface area contributed by atoms with E-state index < -0.39 is 12.0 Å². The van der Waals surface area contributed by atoms with E-state index in [0.29, 0.717) is 12.3 Å². The Morgan fingerprint density at radius 2 is 1.81 bits per heavy atom. The summed E-state index contributed by atoms with van der Waals surface area (Å²) in [6, 6.07) is -0.670. The van der Waals surface area contributed by atoms with Crippen LogP contribution in [-0.4, -0.2) is 23.0 Å². The Balaban J connectivity index is 1.52. The highest BCUT2D eigenvalue weighted by Gasteiger charge is 2.40. The van der Waals surface area contributed by atoms with Gasteiger partial charge in [-0.05, 0) is 55.8 Å². The molecule has 0 spiro atoms. The lowest BCUT2D eigenvalue weighted by Crippen LogP contribution is -2.47. The number of carbonyl (C=O) groups is 2. The molecule has 118 valence electrons. The summed E-state index contributed by atoms with van der Waals surface area (Å²) in [5.41, 5.74) is 0. The summed E-state index contributed by atoms with van der Waals surface area (Å²) in [5.74, 6) is 1.29. The molecule has 0 aliphatic heterocycles. The van der Waals surface area contributed by atoms with Crippen LogP contribution >= 0.6 is 0 Å². The summed E-state index contributed by atoms with van der Waals surface area (Å²) in [7, 11) is 0. The van der Waals surface area contributed by atoms with Crippen LogP contribution in [0.1, 0.15) is 64.2 Å². The van der Waals surface area contributed by atoms with Crippen LogP contribution in [0.2, 0.25) is 0 Å². The van der Waals surface area contributed by atoms with E-state index >= 15 is 0 Å². The van der Waals surface area contributed by atoms with Crippen LogP contribution in [0.4, 0.5) is 0 Å². The highest BCUT2D eigenvalue weighted by molar-refractivity contribution is 5.83. The minimum Gasteiger partial charge on any atom is -0.480 e. The minimum absolute atomic E-state index is 0.0366. The zero-order valence-corrected chi connectivity index (χ0v) is 12.7. The molecule has 4 atom stereocenters. The van der Waals surface area contributed by atoms with Gasteiger partial charge < -0.3 is 10.4 Å². The Bertz CT molecular complexity index is 403. The third kappa shape index (κ3) is 3.41. The van der Waals surface area contributed by atoms with E-state index in [1.807, 2.05) is 0 Å². The van der Waals surface area contributed by atoms with Crippen molar-refractivity contribution in [3.05, 3.63) is 0 Å². The molecule has 4 nitrogen and oxygen atoms in total. The average molecular weight is 293 g/mol. The number of aliphatic carboxylic acids is 1. The second-order valence-corrected chi connectivity index (χ2v) is 7.42. The van der Waals surface area contributed by atoms with E-state index in [1.165, 1.54) is 32.1 Å². The third-order valence-electron chi connectivity index (χ3n) is 6.04. The predicted octanol–water partition coefficient (Wildman–Crippen LogP) is 2.96. The van der Waals surface area contributed by atoms with Crippen molar-refractivity contribution in [2.75, 3.05) is 0 Å².